The number of sulfonamides is 1. The molecule has 7 heteroatoms. The van der Waals surface area contributed by atoms with Crippen LogP contribution >= 0.6 is 15.9 Å². The topological polar surface area (TPSA) is 66.8 Å². The molecule has 0 aliphatic carbocycles. The van der Waals surface area contributed by atoms with Crippen LogP contribution in [0.15, 0.2) is 33.6 Å². The molecular weight excluding hydrogens is 322 g/mol. The van der Waals surface area contributed by atoms with Crippen LogP contribution in [-0.4, -0.2) is 50.2 Å². The average Bonchev–Trinajstić information content (AvgIpc) is 2.39. The lowest BCUT2D eigenvalue weighted by Gasteiger charge is -2.31. The Morgan fingerprint density at radius 1 is 1.39 bits per heavy atom. The summed E-state index contributed by atoms with van der Waals surface area (Å²) >= 11 is 3.27. The zero-order valence-corrected chi connectivity index (χ0v) is 12.0. The SMILES string of the molecule is O=S(=O)(c1ccc(Br)cc1)N1CCOC(CO)C1. The third kappa shape index (κ3) is 2.92. The largest absolute Gasteiger partial charge is 0.394 e. The van der Waals surface area contributed by atoms with E-state index in [1.165, 1.54) is 4.31 Å². The van der Waals surface area contributed by atoms with Gasteiger partial charge in [0.25, 0.3) is 0 Å². The molecular formula is C11H14BrNO4S. The van der Waals surface area contributed by atoms with Crippen molar-refractivity contribution >= 4 is 26.0 Å². The van der Waals surface area contributed by atoms with Gasteiger partial charge in [-0.2, -0.15) is 4.31 Å². The highest BCUT2D eigenvalue weighted by molar-refractivity contribution is 9.10. The second kappa shape index (κ2) is 5.66. The molecule has 0 saturated carbocycles. The van der Waals surface area contributed by atoms with Gasteiger partial charge in [0.15, 0.2) is 0 Å². The van der Waals surface area contributed by atoms with Crippen molar-refractivity contribution < 1.29 is 18.3 Å². The highest BCUT2D eigenvalue weighted by Gasteiger charge is 2.30. The van der Waals surface area contributed by atoms with E-state index in [2.05, 4.69) is 15.9 Å². The molecule has 1 aliphatic heterocycles. The van der Waals surface area contributed by atoms with E-state index in [1.54, 1.807) is 24.3 Å². The summed E-state index contributed by atoms with van der Waals surface area (Å²) in [5.41, 5.74) is 0. The third-order valence-electron chi connectivity index (χ3n) is 2.76. The first kappa shape index (κ1) is 14.0. The Labute approximate surface area is 115 Å². The lowest BCUT2D eigenvalue weighted by atomic mass is 10.3. The zero-order chi connectivity index (χ0) is 13.2. The minimum Gasteiger partial charge on any atom is -0.394 e. The fourth-order valence-electron chi connectivity index (χ4n) is 1.78. The van der Waals surface area contributed by atoms with Gasteiger partial charge in [0.2, 0.25) is 10.0 Å². The van der Waals surface area contributed by atoms with Crippen molar-refractivity contribution in [3.8, 4) is 0 Å². The summed E-state index contributed by atoms with van der Waals surface area (Å²) in [5.74, 6) is 0. The monoisotopic (exact) mass is 335 g/mol. The Hall–Kier alpha value is -0.470. The Morgan fingerprint density at radius 2 is 2.06 bits per heavy atom. The molecule has 1 aliphatic rings. The standard InChI is InChI=1S/C11H14BrNO4S/c12-9-1-3-11(4-2-9)18(15,16)13-5-6-17-10(7-13)8-14/h1-4,10,14H,5-8H2. The minimum absolute atomic E-state index is 0.174. The molecule has 1 fully saturated rings. The van der Waals surface area contributed by atoms with Gasteiger partial charge < -0.3 is 9.84 Å². The fraction of sp³-hybridized carbons (Fsp3) is 0.455. The maximum Gasteiger partial charge on any atom is 0.243 e. The van der Waals surface area contributed by atoms with E-state index >= 15 is 0 Å². The van der Waals surface area contributed by atoms with Crippen molar-refractivity contribution in [2.75, 3.05) is 26.3 Å². The van der Waals surface area contributed by atoms with Crippen LogP contribution in [0, 0.1) is 0 Å². The fourth-order valence-corrected chi connectivity index (χ4v) is 3.50. The van der Waals surface area contributed by atoms with Crippen LogP contribution in [-0.2, 0) is 14.8 Å². The second-order valence-electron chi connectivity index (χ2n) is 3.99. The van der Waals surface area contributed by atoms with Crippen molar-refractivity contribution in [3.05, 3.63) is 28.7 Å². The number of aliphatic hydroxyl groups excluding tert-OH is 1. The second-order valence-corrected chi connectivity index (χ2v) is 6.85. The molecule has 0 bridgehead atoms. The number of nitrogens with zero attached hydrogens (tertiary/aromatic N) is 1. The normalized spacial score (nSPS) is 22.0. The van der Waals surface area contributed by atoms with Crippen LogP contribution in [0.25, 0.3) is 0 Å². The molecule has 0 spiro atoms. The molecule has 2 rings (SSSR count). The molecule has 1 aromatic rings. The van der Waals surface area contributed by atoms with Crippen LogP contribution in [0.2, 0.25) is 0 Å². The molecule has 1 saturated heterocycles. The summed E-state index contributed by atoms with van der Waals surface area (Å²) in [6.45, 7) is 0.636. The molecule has 1 unspecified atom stereocenters. The number of aliphatic hydroxyl groups is 1. The van der Waals surface area contributed by atoms with E-state index in [4.69, 9.17) is 9.84 Å². The molecule has 1 aromatic carbocycles. The van der Waals surface area contributed by atoms with Crippen molar-refractivity contribution in [2.24, 2.45) is 0 Å². The number of ether oxygens (including phenoxy) is 1. The molecule has 0 amide bonds. The van der Waals surface area contributed by atoms with Gasteiger partial charge in [-0.15, -0.1) is 0 Å². The molecule has 18 heavy (non-hydrogen) atoms. The maximum atomic E-state index is 12.3. The van der Waals surface area contributed by atoms with Gasteiger partial charge in [-0.1, -0.05) is 15.9 Å². The number of rotatable bonds is 3. The summed E-state index contributed by atoms with van der Waals surface area (Å²) in [6, 6.07) is 6.50. The van der Waals surface area contributed by atoms with E-state index in [9.17, 15) is 8.42 Å². The van der Waals surface area contributed by atoms with E-state index in [-0.39, 0.29) is 18.0 Å². The molecule has 1 heterocycles. The van der Waals surface area contributed by atoms with Crippen LogP contribution in [0.4, 0.5) is 0 Å². The van der Waals surface area contributed by atoms with E-state index in [0.717, 1.165) is 4.47 Å². The maximum absolute atomic E-state index is 12.3. The van der Waals surface area contributed by atoms with E-state index < -0.39 is 16.1 Å². The van der Waals surface area contributed by atoms with Crippen LogP contribution in [0.5, 0.6) is 0 Å². The van der Waals surface area contributed by atoms with E-state index in [0.29, 0.717) is 13.2 Å². The van der Waals surface area contributed by atoms with Crippen LogP contribution in [0.1, 0.15) is 0 Å². The quantitative estimate of drug-likeness (QED) is 0.888. The molecule has 1 atom stereocenters. The van der Waals surface area contributed by atoms with Crippen molar-refractivity contribution in [3.63, 3.8) is 0 Å². The number of halogens is 1. The molecule has 0 radical (unpaired) electrons. The Kier molecular flexibility index (Phi) is 4.39. The average molecular weight is 336 g/mol. The van der Waals surface area contributed by atoms with Gasteiger partial charge in [0.1, 0.15) is 0 Å². The summed E-state index contributed by atoms with van der Waals surface area (Å²) in [7, 11) is -3.50. The molecule has 1 N–H and O–H groups in total. The lowest BCUT2D eigenvalue weighted by molar-refractivity contribution is -0.0304. The smallest absolute Gasteiger partial charge is 0.243 e. The predicted octanol–water partition coefficient (Wildman–Crippen LogP) is 0.831. The number of morpholine rings is 1. The summed E-state index contributed by atoms with van der Waals surface area (Å²) in [5, 5.41) is 9.03. The first-order valence-corrected chi connectivity index (χ1v) is 7.75. The lowest BCUT2D eigenvalue weighted by Crippen LogP contribution is -2.46. The first-order chi connectivity index (χ1) is 8.54. The van der Waals surface area contributed by atoms with Gasteiger partial charge in [0, 0.05) is 17.6 Å². The van der Waals surface area contributed by atoms with Crippen molar-refractivity contribution in [1.82, 2.24) is 4.31 Å². The first-order valence-electron chi connectivity index (χ1n) is 5.52. The molecule has 100 valence electrons. The number of hydrogen-bond acceptors (Lipinski definition) is 4. The Bertz CT molecular complexity index is 502. The molecule has 0 aromatic heterocycles. The van der Waals surface area contributed by atoms with Gasteiger partial charge in [0.05, 0.1) is 24.2 Å². The van der Waals surface area contributed by atoms with Crippen molar-refractivity contribution in [2.45, 2.75) is 11.0 Å². The number of hydrogen-bond donors (Lipinski definition) is 1. The Balaban J connectivity index is 2.22. The summed E-state index contributed by atoms with van der Waals surface area (Å²) in [4.78, 5) is 0.254. The highest BCUT2D eigenvalue weighted by Crippen LogP contribution is 2.20. The van der Waals surface area contributed by atoms with Gasteiger partial charge in [-0.05, 0) is 24.3 Å². The number of benzene rings is 1. The van der Waals surface area contributed by atoms with Crippen LogP contribution < -0.4 is 0 Å². The van der Waals surface area contributed by atoms with E-state index in [1.807, 2.05) is 0 Å². The van der Waals surface area contributed by atoms with Gasteiger partial charge >= 0.3 is 0 Å². The third-order valence-corrected chi connectivity index (χ3v) is 5.16. The van der Waals surface area contributed by atoms with Gasteiger partial charge in [-0.25, -0.2) is 8.42 Å². The Morgan fingerprint density at radius 3 is 2.67 bits per heavy atom. The highest BCUT2D eigenvalue weighted by atomic mass is 79.9. The predicted molar refractivity (Wildman–Crippen MR) is 69.7 cm³/mol. The summed E-state index contributed by atoms with van der Waals surface area (Å²) < 4.78 is 32.1. The van der Waals surface area contributed by atoms with Crippen molar-refractivity contribution in [1.29, 1.82) is 0 Å². The summed E-state index contributed by atoms with van der Waals surface area (Å²) in [6.07, 6.45) is -0.441. The van der Waals surface area contributed by atoms with Crippen LogP contribution in [0.3, 0.4) is 0 Å². The molecule has 5 nitrogen and oxygen atoms in total. The van der Waals surface area contributed by atoms with Gasteiger partial charge in [-0.3, -0.25) is 0 Å². The minimum atomic E-state index is -3.50. The zero-order valence-electron chi connectivity index (χ0n) is 9.62.